The molecule has 22 heteroatoms. The van der Waals surface area contributed by atoms with E-state index in [-0.39, 0.29) is 47.8 Å². The van der Waals surface area contributed by atoms with Gasteiger partial charge in [-0.15, -0.1) is 10.2 Å². The molecule has 3 aliphatic rings. The molecular formula is C50H44N14O8. The van der Waals surface area contributed by atoms with E-state index in [0.717, 1.165) is 52.6 Å². The minimum absolute atomic E-state index is 0.0713. The summed E-state index contributed by atoms with van der Waals surface area (Å²) in [7, 11) is 3.16. The number of amidine groups is 1. The lowest BCUT2D eigenvalue weighted by molar-refractivity contribution is -0.113. The van der Waals surface area contributed by atoms with Crippen LogP contribution in [0, 0.1) is 0 Å². The molecule has 1 fully saturated rings. The number of imidazole rings is 1. The molecule has 0 bridgehead atoms. The molecule has 362 valence electrons. The SMILES string of the molecule is Cn1nnc(-c2ccc3nc(C4=NC(C(=O)Nc5cnoc5)=C(O)CN4Cc4ccc(NC(=O)c5nc(N6CCc7cc(C(=O)O)ccc7[C@H]6c6ccccc6)n(C)c(=O)c5O)cc4)n(C4CCC4)c3c2)n1. The number of nitrogens with zero attached hydrogens (tertiary/aromatic N) is 12. The van der Waals surface area contributed by atoms with Crippen LogP contribution in [0.4, 0.5) is 17.3 Å². The highest BCUT2D eigenvalue weighted by molar-refractivity contribution is 6.09. The number of aliphatic hydroxyl groups excluding tert-OH is 1. The van der Waals surface area contributed by atoms with E-state index in [1.165, 1.54) is 34.9 Å². The molecule has 2 aliphatic heterocycles. The maximum atomic E-state index is 14.0. The molecule has 0 unspecified atom stereocenters. The molecule has 0 saturated heterocycles. The highest BCUT2D eigenvalue weighted by atomic mass is 16.5. The maximum Gasteiger partial charge on any atom is 0.335 e. The van der Waals surface area contributed by atoms with Crippen LogP contribution in [-0.4, -0.2) is 101 Å². The highest BCUT2D eigenvalue weighted by Crippen LogP contribution is 2.40. The quantitative estimate of drug-likeness (QED) is 0.101. The van der Waals surface area contributed by atoms with E-state index in [1.54, 1.807) is 43.4 Å². The van der Waals surface area contributed by atoms with Gasteiger partial charge in [0, 0.05) is 37.4 Å². The molecule has 11 rings (SSSR count). The summed E-state index contributed by atoms with van der Waals surface area (Å²) in [4.78, 5) is 72.8. The lowest BCUT2D eigenvalue weighted by Gasteiger charge is -2.39. The van der Waals surface area contributed by atoms with Crippen molar-refractivity contribution < 1.29 is 34.2 Å². The number of hydrogen-bond acceptors (Lipinski definition) is 16. The van der Waals surface area contributed by atoms with Crippen molar-refractivity contribution >= 4 is 52.0 Å². The van der Waals surface area contributed by atoms with E-state index in [2.05, 4.69) is 40.8 Å². The van der Waals surface area contributed by atoms with Crippen LogP contribution in [0.25, 0.3) is 22.4 Å². The highest BCUT2D eigenvalue weighted by Gasteiger charge is 2.36. The maximum absolute atomic E-state index is 14.0. The number of tetrazole rings is 1. The minimum atomic E-state index is -1.04. The lowest BCUT2D eigenvalue weighted by Crippen LogP contribution is -2.41. The van der Waals surface area contributed by atoms with Gasteiger partial charge in [0.1, 0.15) is 17.7 Å². The molecule has 1 saturated carbocycles. The fourth-order valence-corrected chi connectivity index (χ4v) is 9.41. The number of aromatic carboxylic acids is 1. The number of carbonyl (C=O) groups is 3. The van der Waals surface area contributed by atoms with Gasteiger partial charge in [0.15, 0.2) is 23.1 Å². The molecule has 0 spiro atoms. The van der Waals surface area contributed by atoms with Crippen LogP contribution >= 0.6 is 0 Å². The van der Waals surface area contributed by atoms with Crippen LogP contribution in [-0.2, 0) is 31.9 Å². The molecule has 2 amide bonds. The first-order valence-corrected chi connectivity index (χ1v) is 23.0. The van der Waals surface area contributed by atoms with Gasteiger partial charge in [-0.25, -0.2) is 19.8 Å². The van der Waals surface area contributed by atoms with E-state index in [1.807, 2.05) is 58.3 Å². The number of aryl methyl sites for hydroxylation is 1. The number of carboxylic acid groups (broad SMARTS) is 1. The zero-order chi connectivity index (χ0) is 49.8. The number of carbonyl (C=O) groups excluding carboxylic acids is 2. The van der Waals surface area contributed by atoms with Crippen LogP contribution < -0.4 is 21.1 Å². The van der Waals surface area contributed by atoms with E-state index in [4.69, 9.17) is 14.5 Å². The van der Waals surface area contributed by atoms with E-state index >= 15 is 0 Å². The monoisotopic (exact) mass is 968 g/mol. The number of benzene rings is 4. The van der Waals surface area contributed by atoms with Crippen LogP contribution in [0.2, 0.25) is 0 Å². The lowest BCUT2D eigenvalue weighted by atomic mass is 9.87. The van der Waals surface area contributed by atoms with E-state index in [0.29, 0.717) is 41.7 Å². The van der Waals surface area contributed by atoms with Crippen molar-refractivity contribution in [2.45, 2.75) is 44.3 Å². The summed E-state index contributed by atoms with van der Waals surface area (Å²) in [6.07, 6.45) is 5.80. The predicted molar refractivity (Wildman–Crippen MR) is 260 cm³/mol. The smallest absolute Gasteiger partial charge is 0.335 e. The molecule has 5 N–H and O–H groups in total. The largest absolute Gasteiger partial charge is 0.508 e. The van der Waals surface area contributed by atoms with Crippen molar-refractivity contribution in [2.75, 3.05) is 28.6 Å². The molecule has 1 aliphatic carbocycles. The normalized spacial score (nSPS) is 15.8. The first-order chi connectivity index (χ1) is 34.9. The zero-order valence-electron chi connectivity index (χ0n) is 38.7. The van der Waals surface area contributed by atoms with Crippen molar-refractivity contribution in [1.82, 2.24) is 49.4 Å². The number of aliphatic imine (C=N–C) groups is 1. The second-order valence-corrected chi connectivity index (χ2v) is 17.7. The molecule has 4 aromatic carbocycles. The average Bonchev–Trinajstić information content (AvgIpc) is 4.14. The molecule has 72 heavy (non-hydrogen) atoms. The molecule has 1 atom stereocenters. The van der Waals surface area contributed by atoms with Gasteiger partial charge in [0.25, 0.3) is 17.4 Å². The van der Waals surface area contributed by atoms with Crippen molar-refractivity contribution in [3.8, 4) is 17.1 Å². The third-order valence-corrected chi connectivity index (χ3v) is 13.2. The van der Waals surface area contributed by atoms with Gasteiger partial charge in [-0.1, -0.05) is 53.7 Å². The van der Waals surface area contributed by atoms with E-state index < -0.39 is 40.8 Å². The third kappa shape index (κ3) is 8.22. The summed E-state index contributed by atoms with van der Waals surface area (Å²) in [6, 6.07) is 26.6. The number of aliphatic hydroxyl groups is 1. The third-order valence-electron chi connectivity index (χ3n) is 13.2. The number of carboxylic acids is 1. The number of aromatic nitrogens is 9. The minimum Gasteiger partial charge on any atom is -0.508 e. The second kappa shape index (κ2) is 18.1. The fourth-order valence-electron chi connectivity index (χ4n) is 9.41. The Morgan fingerprint density at radius 3 is 2.39 bits per heavy atom. The topological polar surface area (TPSA) is 277 Å². The number of anilines is 3. The van der Waals surface area contributed by atoms with Crippen molar-refractivity contribution in [1.29, 1.82) is 0 Å². The van der Waals surface area contributed by atoms with E-state index in [9.17, 15) is 34.5 Å². The summed E-state index contributed by atoms with van der Waals surface area (Å²) in [6.45, 7) is 0.388. The number of hydrogen-bond donors (Lipinski definition) is 5. The Balaban J connectivity index is 0.889. The Bertz CT molecular complexity index is 3580. The Hall–Kier alpha value is -9.47. The first-order valence-electron chi connectivity index (χ1n) is 23.0. The van der Waals surface area contributed by atoms with Crippen LogP contribution in [0.5, 0.6) is 5.75 Å². The van der Waals surface area contributed by atoms with Crippen LogP contribution in [0.15, 0.2) is 129 Å². The zero-order valence-corrected chi connectivity index (χ0v) is 38.7. The van der Waals surface area contributed by atoms with Gasteiger partial charge in [-0.05, 0) is 95.6 Å². The summed E-state index contributed by atoms with van der Waals surface area (Å²) < 4.78 is 8.21. The van der Waals surface area contributed by atoms with Gasteiger partial charge in [0.2, 0.25) is 17.5 Å². The second-order valence-electron chi connectivity index (χ2n) is 17.7. The number of aromatic hydroxyl groups is 1. The Labute approximate surface area is 408 Å². The Morgan fingerprint density at radius 1 is 0.889 bits per heavy atom. The number of amides is 2. The fraction of sp³-hybridized carbons (Fsp3) is 0.220. The van der Waals surface area contributed by atoms with Crippen LogP contribution in [0.1, 0.15) is 80.3 Å². The first kappa shape index (κ1) is 45.0. The molecule has 0 radical (unpaired) electrons. The standard InChI is InChI=1S/C50H44N14O8/c1-60-48(69)42(66)40(56-50(60)63-20-19-29-21-31(49(70)71)13-17-35(29)41(63)28-7-4-3-5-8-28)47(68)52-32-15-11-27(12-16-32)24-62-25-38(65)39(46(67)53-33-23-51-72-26-33)55-44(62)45-54-36-18-14-30(43-57-59-61(2)58-43)22-37(36)64(45)34-9-6-10-34/h3-5,7-8,11-18,21-23,26,34,41,65-66H,6,9-10,19-20,24-25H2,1-2H3,(H,52,68)(H,53,67)(H,70,71)/t41-/m1/s1. The molecule has 6 heterocycles. The average molecular weight is 969 g/mol. The summed E-state index contributed by atoms with van der Waals surface area (Å²) in [5.41, 5.74) is 4.72. The summed E-state index contributed by atoms with van der Waals surface area (Å²) >= 11 is 0. The Kier molecular flexibility index (Phi) is 11.3. The van der Waals surface area contributed by atoms with Gasteiger partial charge in [-0.3, -0.25) is 19.0 Å². The van der Waals surface area contributed by atoms with Gasteiger partial charge in [-0.2, -0.15) is 4.80 Å². The molecular weight excluding hydrogens is 925 g/mol. The summed E-state index contributed by atoms with van der Waals surface area (Å²) in [5.74, 6) is -2.25. The number of rotatable bonds is 12. The van der Waals surface area contributed by atoms with Gasteiger partial charge < -0.3 is 44.8 Å². The summed E-state index contributed by atoms with van der Waals surface area (Å²) in [5, 5.41) is 54.0. The number of nitrogens with one attached hydrogen (secondary N) is 2. The Morgan fingerprint density at radius 2 is 1.68 bits per heavy atom. The van der Waals surface area contributed by atoms with Crippen molar-refractivity contribution in [3.05, 3.63) is 165 Å². The van der Waals surface area contributed by atoms with Gasteiger partial charge >= 0.3 is 5.97 Å². The van der Waals surface area contributed by atoms with Crippen LogP contribution in [0.3, 0.4) is 0 Å². The van der Waals surface area contributed by atoms with Crippen molar-refractivity contribution in [2.24, 2.45) is 19.1 Å². The number of fused-ring (bicyclic) bond motifs is 2. The predicted octanol–water partition coefficient (Wildman–Crippen LogP) is 5.51. The molecule has 8 aromatic rings. The molecule has 4 aromatic heterocycles. The van der Waals surface area contributed by atoms with Gasteiger partial charge in [0.05, 0.1) is 42.4 Å². The van der Waals surface area contributed by atoms with Crippen molar-refractivity contribution in [3.63, 3.8) is 0 Å². The molecule has 22 nitrogen and oxygen atoms in total.